The maximum Gasteiger partial charge on any atom is 0.160 e. The molecule has 0 bridgehead atoms. The van der Waals surface area contributed by atoms with Crippen LogP contribution in [0, 0.1) is 0 Å². The maximum absolute atomic E-state index is 5.12. The summed E-state index contributed by atoms with van der Waals surface area (Å²) < 4.78 is 0. The molecule has 0 radical (unpaired) electrons. The molecule has 9 aromatic rings. The van der Waals surface area contributed by atoms with Gasteiger partial charge < -0.3 is 4.90 Å². The van der Waals surface area contributed by atoms with E-state index in [1.807, 2.05) is 12.1 Å². The zero-order chi connectivity index (χ0) is 37.3. The van der Waals surface area contributed by atoms with Gasteiger partial charge in [-0.3, -0.25) is 0 Å². The molecule has 3 nitrogen and oxygen atoms in total. The molecule has 8 aromatic carbocycles. The van der Waals surface area contributed by atoms with Crippen molar-refractivity contribution in [2.45, 2.75) is 5.41 Å². The first kappa shape index (κ1) is 33.2. The highest BCUT2D eigenvalue weighted by Crippen LogP contribution is 2.57. The molecule has 1 aromatic heterocycles. The van der Waals surface area contributed by atoms with Crippen molar-refractivity contribution in [2.75, 3.05) is 4.90 Å². The van der Waals surface area contributed by atoms with Crippen molar-refractivity contribution in [1.29, 1.82) is 0 Å². The van der Waals surface area contributed by atoms with Gasteiger partial charge in [-0.15, -0.1) is 0 Å². The van der Waals surface area contributed by atoms with Crippen molar-refractivity contribution in [2.24, 2.45) is 0 Å². The molecule has 1 aliphatic rings. The monoisotopic (exact) mass is 715 g/mol. The summed E-state index contributed by atoms with van der Waals surface area (Å²) in [5.41, 5.74) is 15.0. The van der Waals surface area contributed by atoms with E-state index >= 15 is 0 Å². The third kappa shape index (κ3) is 5.69. The van der Waals surface area contributed by atoms with Crippen molar-refractivity contribution in [3.8, 4) is 45.0 Å². The fourth-order valence-corrected chi connectivity index (χ4v) is 8.44. The number of hydrogen-bond donors (Lipinski definition) is 0. The van der Waals surface area contributed by atoms with Gasteiger partial charge in [-0.1, -0.05) is 188 Å². The van der Waals surface area contributed by atoms with Crippen molar-refractivity contribution in [3.05, 3.63) is 247 Å². The average molecular weight is 716 g/mol. The summed E-state index contributed by atoms with van der Waals surface area (Å²) >= 11 is 0. The normalized spacial score (nSPS) is 12.8. The van der Waals surface area contributed by atoms with Gasteiger partial charge in [0.25, 0.3) is 0 Å². The van der Waals surface area contributed by atoms with E-state index in [4.69, 9.17) is 9.97 Å². The highest BCUT2D eigenvalue weighted by atomic mass is 15.2. The molecule has 10 rings (SSSR count). The van der Waals surface area contributed by atoms with Crippen LogP contribution in [-0.2, 0) is 5.41 Å². The SMILES string of the molecule is c1ccc(-c2cc(-c3ccccc3)nc(-c3cccc(-c4cccc(N5c6ccccc6C(c6ccccc6)(c6ccccc6)c6ccccc65)c4)c3)n2)cc1. The molecule has 1 aliphatic heterocycles. The topological polar surface area (TPSA) is 29.0 Å². The zero-order valence-corrected chi connectivity index (χ0v) is 30.7. The molecule has 0 amide bonds. The Balaban J connectivity index is 1.11. The summed E-state index contributed by atoms with van der Waals surface area (Å²) in [6, 6.07) is 79.9. The van der Waals surface area contributed by atoms with Gasteiger partial charge in [-0.25, -0.2) is 9.97 Å². The summed E-state index contributed by atoms with van der Waals surface area (Å²) in [5, 5.41) is 0. The average Bonchev–Trinajstić information content (AvgIpc) is 3.29. The van der Waals surface area contributed by atoms with Crippen LogP contribution < -0.4 is 4.90 Å². The predicted octanol–water partition coefficient (Wildman–Crippen LogP) is 13.3. The quantitative estimate of drug-likeness (QED) is 0.164. The van der Waals surface area contributed by atoms with E-state index in [0.29, 0.717) is 5.82 Å². The minimum atomic E-state index is -0.509. The van der Waals surface area contributed by atoms with E-state index in [1.165, 1.54) is 22.3 Å². The molecule has 3 heteroatoms. The van der Waals surface area contributed by atoms with Crippen LogP contribution in [0.4, 0.5) is 17.1 Å². The van der Waals surface area contributed by atoms with Gasteiger partial charge in [-0.2, -0.15) is 0 Å². The molecule has 0 fully saturated rings. The highest BCUT2D eigenvalue weighted by molar-refractivity contribution is 5.90. The minimum Gasteiger partial charge on any atom is -0.310 e. The van der Waals surface area contributed by atoms with Gasteiger partial charge in [0, 0.05) is 22.4 Å². The van der Waals surface area contributed by atoms with E-state index < -0.39 is 5.41 Å². The van der Waals surface area contributed by atoms with Gasteiger partial charge in [0.1, 0.15) is 0 Å². The predicted molar refractivity (Wildman–Crippen MR) is 230 cm³/mol. The van der Waals surface area contributed by atoms with Gasteiger partial charge in [-0.05, 0) is 69.8 Å². The molecule has 264 valence electrons. The number of aromatic nitrogens is 2. The Morgan fingerprint density at radius 3 is 1.27 bits per heavy atom. The Morgan fingerprint density at radius 1 is 0.321 bits per heavy atom. The number of para-hydroxylation sites is 2. The Kier molecular flexibility index (Phi) is 8.38. The Labute approximate surface area is 327 Å². The number of hydrogen-bond acceptors (Lipinski definition) is 3. The van der Waals surface area contributed by atoms with Crippen molar-refractivity contribution in [3.63, 3.8) is 0 Å². The van der Waals surface area contributed by atoms with Crippen molar-refractivity contribution in [1.82, 2.24) is 9.97 Å². The van der Waals surface area contributed by atoms with Crippen LogP contribution in [0.3, 0.4) is 0 Å². The first-order valence-corrected chi connectivity index (χ1v) is 19.1. The summed E-state index contributed by atoms with van der Waals surface area (Å²) in [6.07, 6.45) is 0. The van der Waals surface area contributed by atoms with Crippen LogP contribution in [-0.4, -0.2) is 9.97 Å². The third-order valence-corrected chi connectivity index (χ3v) is 10.9. The summed E-state index contributed by atoms with van der Waals surface area (Å²) in [5.74, 6) is 0.695. The first-order chi connectivity index (χ1) is 27.8. The van der Waals surface area contributed by atoms with Crippen LogP contribution in [0.25, 0.3) is 45.0 Å². The molecule has 0 saturated heterocycles. The lowest BCUT2D eigenvalue weighted by Gasteiger charge is -2.46. The first-order valence-electron chi connectivity index (χ1n) is 19.1. The Morgan fingerprint density at radius 2 is 0.732 bits per heavy atom. The van der Waals surface area contributed by atoms with Gasteiger partial charge in [0.2, 0.25) is 0 Å². The van der Waals surface area contributed by atoms with E-state index in [1.54, 1.807) is 0 Å². The van der Waals surface area contributed by atoms with Crippen LogP contribution in [0.15, 0.2) is 224 Å². The van der Waals surface area contributed by atoms with Crippen molar-refractivity contribution < 1.29 is 0 Å². The molecule has 0 saturated carbocycles. The molecule has 0 unspecified atom stereocenters. The van der Waals surface area contributed by atoms with E-state index in [0.717, 1.165) is 56.3 Å². The lowest BCUT2D eigenvalue weighted by molar-refractivity contribution is 0.731. The number of rotatable bonds is 7. The lowest BCUT2D eigenvalue weighted by atomic mass is 9.62. The van der Waals surface area contributed by atoms with E-state index in [-0.39, 0.29) is 0 Å². The van der Waals surface area contributed by atoms with Crippen molar-refractivity contribution >= 4 is 17.1 Å². The van der Waals surface area contributed by atoms with Gasteiger partial charge in [0.15, 0.2) is 5.82 Å². The Bertz CT molecular complexity index is 2650. The smallest absolute Gasteiger partial charge is 0.160 e. The highest BCUT2D eigenvalue weighted by Gasteiger charge is 2.46. The number of fused-ring (bicyclic) bond motifs is 2. The van der Waals surface area contributed by atoms with E-state index in [2.05, 4.69) is 217 Å². The number of anilines is 3. The molecule has 2 heterocycles. The van der Waals surface area contributed by atoms with Gasteiger partial charge in [0.05, 0.1) is 28.2 Å². The van der Waals surface area contributed by atoms with E-state index in [9.17, 15) is 0 Å². The third-order valence-electron chi connectivity index (χ3n) is 10.9. The van der Waals surface area contributed by atoms with Gasteiger partial charge >= 0.3 is 0 Å². The zero-order valence-electron chi connectivity index (χ0n) is 30.7. The standard InChI is InChI=1S/C53H37N3/c1-5-19-38(20-6-1)48-37-49(39-21-7-2-8-22-39)55-52(54-48)42-25-17-23-40(35-42)41-24-18-30-45(36-41)56-50-33-15-13-31-46(50)53(43-26-9-3-10-27-43,44-28-11-4-12-29-44)47-32-14-16-34-51(47)56/h1-37H. The fourth-order valence-electron chi connectivity index (χ4n) is 8.44. The van der Waals surface area contributed by atoms with Crippen LogP contribution >= 0.6 is 0 Å². The van der Waals surface area contributed by atoms with Crippen LogP contribution in [0.2, 0.25) is 0 Å². The summed E-state index contributed by atoms with van der Waals surface area (Å²) in [7, 11) is 0. The molecular weight excluding hydrogens is 679 g/mol. The maximum atomic E-state index is 5.12. The Hall–Kier alpha value is -7.36. The second-order valence-electron chi connectivity index (χ2n) is 14.2. The lowest BCUT2D eigenvalue weighted by Crippen LogP contribution is -2.37. The molecule has 0 N–H and O–H groups in total. The second-order valence-corrected chi connectivity index (χ2v) is 14.2. The molecular formula is C53H37N3. The molecule has 56 heavy (non-hydrogen) atoms. The van der Waals surface area contributed by atoms with Crippen LogP contribution in [0.5, 0.6) is 0 Å². The number of nitrogens with zero attached hydrogens (tertiary/aromatic N) is 3. The molecule has 0 spiro atoms. The van der Waals surface area contributed by atoms with Crippen LogP contribution in [0.1, 0.15) is 22.3 Å². The minimum absolute atomic E-state index is 0.509. The summed E-state index contributed by atoms with van der Waals surface area (Å²) in [4.78, 5) is 12.7. The second kappa shape index (κ2) is 14.1. The fraction of sp³-hybridized carbons (Fsp3) is 0.0189. The number of benzene rings is 8. The largest absolute Gasteiger partial charge is 0.310 e. The molecule has 0 atom stereocenters. The summed E-state index contributed by atoms with van der Waals surface area (Å²) in [6.45, 7) is 0. The molecule has 0 aliphatic carbocycles.